The third kappa shape index (κ3) is 3.83. The molecule has 2 aromatic heterocycles. The van der Waals surface area contributed by atoms with Crippen LogP contribution in [0.25, 0.3) is 22.6 Å². The molecular formula is C22H19N5O3. The standard InChI is InChI=1S/C22H19N5O3/c1-30-19-11-6-7-15(21(19)29)13-24-26-20(28)14-27-18-10-3-2-8-16(18)25-22(27)17-9-4-5-12-23-17/h2-13,29H,14H2,1H3,(H,26,28). The van der Waals surface area contributed by atoms with Gasteiger partial charge < -0.3 is 14.4 Å². The molecule has 0 radical (unpaired) electrons. The number of aromatic nitrogens is 3. The van der Waals surface area contributed by atoms with E-state index in [-0.39, 0.29) is 18.2 Å². The van der Waals surface area contributed by atoms with Crippen molar-refractivity contribution in [1.82, 2.24) is 20.0 Å². The van der Waals surface area contributed by atoms with E-state index in [1.54, 1.807) is 29.0 Å². The van der Waals surface area contributed by atoms with Crippen LogP contribution in [-0.4, -0.2) is 38.9 Å². The summed E-state index contributed by atoms with van der Waals surface area (Å²) in [6, 6.07) is 18.1. The van der Waals surface area contributed by atoms with Crippen LogP contribution in [0.3, 0.4) is 0 Å². The van der Waals surface area contributed by atoms with Crippen molar-refractivity contribution in [3.63, 3.8) is 0 Å². The molecule has 4 rings (SSSR count). The maximum atomic E-state index is 12.6. The summed E-state index contributed by atoms with van der Waals surface area (Å²) in [6.45, 7) is 0.00779. The number of methoxy groups -OCH3 is 1. The van der Waals surface area contributed by atoms with Gasteiger partial charge in [-0.05, 0) is 36.4 Å². The summed E-state index contributed by atoms with van der Waals surface area (Å²) in [6.07, 6.45) is 3.05. The second-order valence-electron chi connectivity index (χ2n) is 6.42. The van der Waals surface area contributed by atoms with Gasteiger partial charge in [-0.1, -0.05) is 24.3 Å². The lowest BCUT2D eigenvalue weighted by Crippen LogP contribution is -2.23. The first-order chi connectivity index (χ1) is 14.7. The Morgan fingerprint density at radius 3 is 2.80 bits per heavy atom. The van der Waals surface area contributed by atoms with Crippen molar-refractivity contribution >= 4 is 23.2 Å². The minimum Gasteiger partial charge on any atom is -0.504 e. The quantitative estimate of drug-likeness (QED) is 0.382. The van der Waals surface area contributed by atoms with Crippen LogP contribution in [0.4, 0.5) is 0 Å². The van der Waals surface area contributed by atoms with E-state index < -0.39 is 0 Å². The number of nitrogens with one attached hydrogen (secondary N) is 1. The number of aromatic hydroxyl groups is 1. The number of benzene rings is 2. The molecule has 2 heterocycles. The molecule has 0 spiro atoms. The Kier molecular flexibility index (Phi) is 5.38. The number of hydrazone groups is 1. The normalized spacial score (nSPS) is 11.1. The zero-order chi connectivity index (χ0) is 20.9. The highest BCUT2D eigenvalue weighted by Gasteiger charge is 2.15. The Balaban J connectivity index is 1.56. The molecule has 1 amide bonds. The number of para-hydroxylation sites is 3. The largest absolute Gasteiger partial charge is 0.504 e. The molecule has 2 aromatic carbocycles. The zero-order valence-corrected chi connectivity index (χ0v) is 16.2. The van der Waals surface area contributed by atoms with Crippen LogP contribution in [0, 0.1) is 0 Å². The van der Waals surface area contributed by atoms with E-state index in [1.165, 1.54) is 13.3 Å². The van der Waals surface area contributed by atoms with Crippen LogP contribution in [0.15, 0.2) is 72.0 Å². The third-order valence-electron chi connectivity index (χ3n) is 4.49. The molecule has 0 fully saturated rings. The highest BCUT2D eigenvalue weighted by molar-refractivity contribution is 5.87. The lowest BCUT2D eigenvalue weighted by Gasteiger charge is -2.08. The number of imidazole rings is 1. The molecular weight excluding hydrogens is 382 g/mol. The van der Waals surface area contributed by atoms with E-state index in [0.717, 1.165) is 11.0 Å². The van der Waals surface area contributed by atoms with E-state index in [9.17, 15) is 9.90 Å². The first-order valence-electron chi connectivity index (χ1n) is 9.22. The van der Waals surface area contributed by atoms with Gasteiger partial charge in [0.1, 0.15) is 12.2 Å². The first kappa shape index (κ1) is 19.1. The lowest BCUT2D eigenvalue weighted by molar-refractivity contribution is -0.121. The number of carbonyl (C=O) groups excluding carboxylic acids is 1. The second kappa shape index (κ2) is 8.44. The number of hydrogen-bond acceptors (Lipinski definition) is 6. The lowest BCUT2D eigenvalue weighted by atomic mass is 10.2. The SMILES string of the molecule is COc1cccc(C=NNC(=O)Cn2c(-c3ccccn3)nc3ccccc32)c1O. The summed E-state index contributed by atoms with van der Waals surface area (Å²) in [5.41, 5.74) is 5.18. The number of phenols is 1. The fourth-order valence-electron chi connectivity index (χ4n) is 3.09. The average molecular weight is 401 g/mol. The fraction of sp³-hybridized carbons (Fsp3) is 0.0909. The molecule has 8 heteroatoms. The molecule has 2 N–H and O–H groups in total. The molecule has 8 nitrogen and oxygen atoms in total. The van der Waals surface area contributed by atoms with Crippen molar-refractivity contribution in [3.05, 3.63) is 72.4 Å². The van der Waals surface area contributed by atoms with Gasteiger partial charge in [-0.15, -0.1) is 0 Å². The van der Waals surface area contributed by atoms with E-state index >= 15 is 0 Å². The molecule has 0 atom stereocenters. The minimum atomic E-state index is -0.339. The number of rotatable bonds is 6. The number of phenolic OH excluding ortho intramolecular Hbond substituents is 1. The molecule has 0 unspecified atom stereocenters. The molecule has 0 saturated carbocycles. The van der Waals surface area contributed by atoms with E-state index in [0.29, 0.717) is 22.8 Å². The maximum Gasteiger partial charge on any atom is 0.260 e. The van der Waals surface area contributed by atoms with Gasteiger partial charge in [0.25, 0.3) is 5.91 Å². The summed E-state index contributed by atoms with van der Waals surface area (Å²) in [4.78, 5) is 21.5. The van der Waals surface area contributed by atoms with Crippen LogP contribution in [-0.2, 0) is 11.3 Å². The van der Waals surface area contributed by atoms with E-state index in [1.807, 2.05) is 42.5 Å². The second-order valence-corrected chi connectivity index (χ2v) is 6.42. The maximum absolute atomic E-state index is 12.6. The average Bonchev–Trinajstić information content (AvgIpc) is 3.14. The minimum absolute atomic E-state index is 0.00779. The van der Waals surface area contributed by atoms with Crippen LogP contribution in [0.1, 0.15) is 5.56 Å². The summed E-state index contributed by atoms with van der Waals surface area (Å²) in [5, 5.41) is 14.0. The van der Waals surface area contributed by atoms with Gasteiger partial charge in [0, 0.05) is 11.8 Å². The number of amides is 1. The molecule has 0 aliphatic rings. The van der Waals surface area contributed by atoms with Gasteiger partial charge in [0.2, 0.25) is 0 Å². The number of nitrogens with zero attached hydrogens (tertiary/aromatic N) is 4. The number of carbonyl (C=O) groups is 1. The molecule has 0 aliphatic carbocycles. The predicted molar refractivity (Wildman–Crippen MR) is 113 cm³/mol. The Morgan fingerprint density at radius 1 is 1.17 bits per heavy atom. The van der Waals surface area contributed by atoms with Gasteiger partial charge in [-0.25, -0.2) is 10.4 Å². The van der Waals surface area contributed by atoms with Crippen molar-refractivity contribution in [2.75, 3.05) is 7.11 Å². The van der Waals surface area contributed by atoms with Crippen LogP contribution < -0.4 is 10.2 Å². The summed E-state index contributed by atoms with van der Waals surface area (Å²) >= 11 is 0. The van der Waals surface area contributed by atoms with Gasteiger partial charge in [-0.2, -0.15) is 5.10 Å². The molecule has 0 bridgehead atoms. The Bertz CT molecular complexity index is 1220. The summed E-state index contributed by atoms with van der Waals surface area (Å²) in [5.74, 6) is 0.543. The molecule has 0 saturated heterocycles. The van der Waals surface area contributed by atoms with Gasteiger partial charge >= 0.3 is 0 Å². The first-order valence-corrected chi connectivity index (χ1v) is 9.22. The summed E-state index contributed by atoms with van der Waals surface area (Å²) in [7, 11) is 1.46. The van der Waals surface area contributed by atoms with Crippen LogP contribution in [0.2, 0.25) is 0 Å². The monoisotopic (exact) mass is 401 g/mol. The number of pyridine rings is 1. The topological polar surface area (TPSA) is 102 Å². The van der Waals surface area contributed by atoms with Gasteiger partial charge in [0.15, 0.2) is 17.3 Å². The van der Waals surface area contributed by atoms with Crippen molar-refractivity contribution < 1.29 is 14.6 Å². The van der Waals surface area contributed by atoms with Gasteiger partial charge in [0.05, 0.1) is 24.4 Å². The van der Waals surface area contributed by atoms with Crippen molar-refractivity contribution in [2.45, 2.75) is 6.54 Å². The van der Waals surface area contributed by atoms with E-state index in [4.69, 9.17) is 4.74 Å². The number of hydrogen-bond donors (Lipinski definition) is 2. The Labute approximate surface area is 172 Å². The summed E-state index contributed by atoms with van der Waals surface area (Å²) < 4.78 is 6.86. The van der Waals surface area contributed by atoms with Crippen molar-refractivity contribution in [3.8, 4) is 23.0 Å². The predicted octanol–water partition coefficient (Wildman–Crippen LogP) is 2.96. The number of fused-ring (bicyclic) bond motifs is 1. The smallest absolute Gasteiger partial charge is 0.260 e. The van der Waals surface area contributed by atoms with Crippen LogP contribution in [0.5, 0.6) is 11.5 Å². The van der Waals surface area contributed by atoms with Gasteiger partial charge in [-0.3, -0.25) is 9.78 Å². The molecule has 0 aliphatic heterocycles. The van der Waals surface area contributed by atoms with Crippen molar-refractivity contribution in [2.24, 2.45) is 5.10 Å². The molecule has 30 heavy (non-hydrogen) atoms. The zero-order valence-electron chi connectivity index (χ0n) is 16.2. The fourth-order valence-corrected chi connectivity index (χ4v) is 3.09. The molecule has 150 valence electrons. The van der Waals surface area contributed by atoms with Crippen LogP contribution >= 0.6 is 0 Å². The Hall–Kier alpha value is -4.20. The molecule has 4 aromatic rings. The highest BCUT2D eigenvalue weighted by Crippen LogP contribution is 2.28. The number of ether oxygens (including phenoxy) is 1. The highest BCUT2D eigenvalue weighted by atomic mass is 16.5. The Morgan fingerprint density at radius 2 is 2.00 bits per heavy atom. The van der Waals surface area contributed by atoms with Crippen molar-refractivity contribution in [1.29, 1.82) is 0 Å². The van der Waals surface area contributed by atoms with E-state index in [2.05, 4.69) is 20.5 Å². The third-order valence-corrected chi connectivity index (χ3v) is 4.49.